The van der Waals surface area contributed by atoms with Gasteiger partial charge in [-0.1, -0.05) is 6.07 Å². The summed E-state index contributed by atoms with van der Waals surface area (Å²) < 4.78 is 10.5. The van der Waals surface area contributed by atoms with E-state index in [4.69, 9.17) is 9.47 Å². The lowest BCUT2D eigenvalue weighted by molar-refractivity contribution is 0.354. The Morgan fingerprint density at radius 1 is 1.04 bits per heavy atom. The van der Waals surface area contributed by atoms with E-state index >= 15 is 0 Å². The monoisotopic (exact) mass is 447 g/mol. The van der Waals surface area contributed by atoms with Crippen LogP contribution in [0, 0.1) is 0 Å². The third kappa shape index (κ3) is 5.91. The highest BCUT2D eigenvalue weighted by Gasteiger charge is 2.05. The minimum atomic E-state index is 0. The molecule has 0 spiro atoms. The first-order chi connectivity index (χ1) is 10.8. The second-order valence-electron chi connectivity index (χ2n) is 4.60. The van der Waals surface area contributed by atoms with Gasteiger partial charge in [0, 0.05) is 20.1 Å². The molecule has 7 heteroatoms. The Bertz CT molecular complexity index is 618. The number of aliphatic imine (C=N–C) groups is 1. The van der Waals surface area contributed by atoms with Crippen LogP contribution in [0.25, 0.3) is 0 Å². The molecule has 0 unspecified atom stereocenters. The van der Waals surface area contributed by atoms with Crippen molar-refractivity contribution >= 4 is 41.3 Å². The fraction of sp³-hybridized carbons (Fsp3) is 0.312. The predicted octanol–water partition coefficient (Wildman–Crippen LogP) is 3.25. The third-order valence-corrected chi connectivity index (χ3v) is 3.90. The molecule has 0 aliphatic carbocycles. The summed E-state index contributed by atoms with van der Waals surface area (Å²) in [6, 6.07) is 7.95. The van der Waals surface area contributed by atoms with Gasteiger partial charge >= 0.3 is 0 Å². The lowest BCUT2D eigenvalue weighted by Crippen LogP contribution is -2.36. The average molecular weight is 447 g/mol. The molecule has 2 N–H and O–H groups in total. The van der Waals surface area contributed by atoms with Gasteiger partial charge in [0.05, 0.1) is 14.2 Å². The van der Waals surface area contributed by atoms with Crippen molar-refractivity contribution in [2.24, 2.45) is 4.99 Å². The van der Waals surface area contributed by atoms with E-state index in [-0.39, 0.29) is 24.0 Å². The van der Waals surface area contributed by atoms with Crippen molar-refractivity contribution in [3.63, 3.8) is 0 Å². The van der Waals surface area contributed by atoms with Gasteiger partial charge in [0.1, 0.15) is 0 Å². The maximum atomic E-state index is 5.31. The molecule has 2 aromatic rings. The summed E-state index contributed by atoms with van der Waals surface area (Å²) in [4.78, 5) is 4.22. The Kier molecular flexibility index (Phi) is 8.78. The number of methoxy groups -OCH3 is 2. The van der Waals surface area contributed by atoms with Crippen molar-refractivity contribution in [1.82, 2.24) is 10.6 Å². The van der Waals surface area contributed by atoms with Crippen LogP contribution in [0.1, 0.15) is 11.1 Å². The van der Waals surface area contributed by atoms with Crippen LogP contribution in [-0.4, -0.2) is 27.2 Å². The van der Waals surface area contributed by atoms with E-state index in [1.165, 1.54) is 5.56 Å². The highest BCUT2D eigenvalue weighted by Crippen LogP contribution is 2.27. The third-order valence-electron chi connectivity index (χ3n) is 3.17. The first-order valence-corrected chi connectivity index (χ1v) is 7.87. The molecule has 1 heterocycles. The smallest absolute Gasteiger partial charge is 0.191 e. The summed E-state index contributed by atoms with van der Waals surface area (Å²) in [5, 5.41) is 10.8. The molecule has 0 aliphatic heterocycles. The molecule has 1 aromatic heterocycles. The Balaban J connectivity index is 0.00000264. The van der Waals surface area contributed by atoms with E-state index in [0.29, 0.717) is 6.54 Å². The van der Waals surface area contributed by atoms with Crippen LogP contribution in [-0.2, 0) is 13.1 Å². The van der Waals surface area contributed by atoms with Crippen LogP contribution < -0.4 is 20.1 Å². The second kappa shape index (κ2) is 10.3. The van der Waals surface area contributed by atoms with E-state index < -0.39 is 0 Å². The van der Waals surface area contributed by atoms with Gasteiger partial charge in [-0.3, -0.25) is 4.99 Å². The van der Waals surface area contributed by atoms with Crippen LogP contribution in [0.2, 0.25) is 0 Å². The van der Waals surface area contributed by atoms with Gasteiger partial charge < -0.3 is 20.1 Å². The molecule has 0 radical (unpaired) electrons. The van der Waals surface area contributed by atoms with Crippen LogP contribution >= 0.6 is 35.3 Å². The molecule has 1 aromatic carbocycles. The Labute approximate surface area is 158 Å². The lowest BCUT2D eigenvalue weighted by Gasteiger charge is -2.13. The number of hydrogen-bond donors (Lipinski definition) is 2. The Hall–Kier alpha value is -1.48. The molecular weight excluding hydrogens is 425 g/mol. The standard InChI is InChI=1S/C16H21N3O2S.HI/c1-17-16(19-10-13-6-7-22-11-13)18-9-12-4-5-14(20-2)15(8-12)21-3;/h4-8,11H,9-10H2,1-3H3,(H2,17,18,19);1H. The van der Waals surface area contributed by atoms with Crippen LogP contribution in [0.5, 0.6) is 11.5 Å². The van der Waals surface area contributed by atoms with Gasteiger partial charge in [-0.05, 0) is 40.1 Å². The molecule has 0 amide bonds. The normalized spacial score (nSPS) is 10.7. The largest absolute Gasteiger partial charge is 0.493 e. The summed E-state index contributed by atoms with van der Waals surface area (Å²) in [6.07, 6.45) is 0. The second-order valence-corrected chi connectivity index (χ2v) is 5.38. The van der Waals surface area contributed by atoms with Gasteiger partial charge in [0.15, 0.2) is 17.5 Å². The zero-order valence-corrected chi connectivity index (χ0v) is 16.6. The number of nitrogens with one attached hydrogen (secondary N) is 2. The Morgan fingerprint density at radius 3 is 2.30 bits per heavy atom. The van der Waals surface area contributed by atoms with Crippen molar-refractivity contribution in [3.05, 3.63) is 46.2 Å². The van der Waals surface area contributed by atoms with Gasteiger partial charge in [0.25, 0.3) is 0 Å². The highest BCUT2D eigenvalue weighted by molar-refractivity contribution is 14.0. The molecular formula is C16H22IN3O2S. The summed E-state index contributed by atoms with van der Waals surface area (Å²) in [5.41, 5.74) is 2.34. The first-order valence-electron chi connectivity index (χ1n) is 6.93. The average Bonchev–Trinajstić information content (AvgIpc) is 3.08. The number of halogens is 1. The van der Waals surface area contributed by atoms with Crippen LogP contribution in [0.4, 0.5) is 0 Å². The summed E-state index contributed by atoms with van der Waals surface area (Å²) >= 11 is 1.69. The quantitative estimate of drug-likeness (QED) is 0.406. The minimum Gasteiger partial charge on any atom is -0.493 e. The van der Waals surface area contributed by atoms with E-state index in [1.807, 2.05) is 18.2 Å². The van der Waals surface area contributed by atoms with Gasteiger partial charge in [-0.15, -0.1) is 24.0 Å². The van der Waals surface area contributed by atoms with Crippen LogP contribution in [0.15, 0.2) is 40.0 Å². The number of benzene rings is 1. The molecule has 0 atom stereocenters. The molecule has 0 saturated heterocycles. The van der Waals surface area contributed by atoms with Crippen molar-refractivity contribution < 1.29 is 9.47 Å². The number of nitrogens with zero attached hydrogens (tertiary/aromatic N) is 1. The molecule has 126 valence electrons. The fourth-order valence-corrected chi connectivity index (χ4v) is 2.64. The number of ether oxygens (including phenoxy) is 2. The predicted molar refractivity (Wildman–Crippen MR) is 106 cm³/mol. The van der Waals surface area contributed by atoms with Crippen LogP contribution in [0.3, 0.4) is 0 Å². The zero-order chi connectivity index (χ0) is 15.8. The zero-order valence-electron chi connectivity index (χ0n) is 13.5. The van der Waals surface area contributed by atoms with Gasteiger partial charge in [-0.2, -0.15) is 11.3 Å². The van der Waals surface area contributed by atoms with Crippen molar-refractivity contribution in [3.8, 4) is 11.5 Å². The van der Waals surface area contributed by atoms with Gasteiger partial charge in [0.2, 0.25) is 0 Å². The van der Waals surface area contributed by atoms with E-state index in [1.54, 1.807) is 32.6 Å². The number of thiophene rings is 1. The van der Waals surface area contributed by atoms with E-state index in [2.05, 4.69) is 32.5 Å². The van der Waals surface area contributed by atoms with E-state index in [9.17, 15) is 0 Å². The summed E-state index contributed by atoms with van der Waals surface area (Å²) in [7, 11) is 5.03. The van der Waals surface area contributed by atoms with E-state index in [0.717, 1.165) is 29.6 Å². The maximum absolute atomic E-state index is 5.31. The van der Waals surface area contributed by atoms with Crippen molar-refractivity contribution in [1.29, 1.82) is 0 Å². The lowest BCUT2D eigenvalue weighted by atomic mass is 10.2. The minimum absolute atomic E-state index is 0. The number of guanidine groups is 1. The first kappa shape index (κ1) is 19.6. The highest BCUT2D eigenvalue weighted by atomic mass is 127. The summed E-state index contributed by atoms with van der Waals surface area (Å²) in [6.45, 7) is 1.42. The molecule has 0 fully saturated rings. The van der Waals surface area contributed by atoms with Crippen molar-refractivity contribution in [2.75, 3.05) is 21.3 Å². The SMILES string of the molecule is CN=C(NCc1ccsc1)NCc1ccc(OC)c(OC)c1.I. The molecule has 23 heavy (non-hydrogen) atoms. The van der Waals surface area contributed by atoms with Gasteiger partial charge in [-0.25, -0.2) is 0 Å². The molecule has 5 nitrogen and oxygen atoms in total. The molecule has 2 rings (SSSR count). The number of hydrogen-bond acceptors (Lipinski definition) is 4. The fourth-order valence-electron chi connectivity index (χ4n) is 1.98. The molecule has 0 aliphatic rings. The summed E-state index contributed by atoms with van der Waals surface area (Å²) in [5.74, 6) is 2.22. The topological polar surface area (TPSA) is 54.9 Å². The molecule has 0 bridgehead atoms. The Morgan fingerprint density at radius 2 is 1.74 bits per heavy atom. The maximum Gasteiger partial charge on any atom is 0.191 e. The van der Waals surface area contributed by atoms with Crippen molar-refractivity contribution in [2.45, 2.75) is 13.1 Å². The number of rotatable bonds is 6. The molecule has 0 saturated carbocycles.